The molecule has 1 aromatic carbocycles. The van der Waals surface area contributed by atoms with Gasteiger partial charge < -0.3 is 9.84 Å². The molecule has 0 saturated carbocycles. The summed E-state index contributed by atoms with van der Waals surface area (Å²) in [5.41, 5.74) is 2.29. The highest BCUT2D eigenvalue weighted by Gasteiger charge is 2.18. The maximum Gasteiger partial charge on any atom is 0.122 e. The van der Waals surface area contributed by atoms with Crippen LogP contribution in [0.5, 0.6) is 5.75 Å². The summed E-state index contributed by atoms with van der Waals surface area (Å²) < 4.78 is 6.92. The molecule has 1 aliphatic rings. The number of benzene rings is 1. The minimum Gasteiger partial charge on any atom is -0.488 e. The monoisotopic (exact) mass is 338 g/mol. The fraction of sp³-hybridized carbons (Fsp3) is 0.333. The molecule has 4 heteroatoms. The molecule has 1 atom stereocenters. The zero-order chi connectivity index (χ0) is 13.2. The minimum atomic E-state index is -0.330. The summed E-state index contributed by atoms with van der Waals surface area (Å²) in [6.07, 6.45) is 2.65. The molecule has 0 unspecified atom stereocenters. The van der Waals surface area contributed by atoms with Gasteiger partial charge in [-0.15, -0.1) is 11.3 Å². The van der Waals surface area contributed by atoms with Crippen molar-refractivity contribution < 1.29 is 9.84 Å². The molecule has 0 amide bonds. The first-order valence-corrected chi connectivity index (χ1v) is 8.01. The molecule has 19 heavy (non-hydrogen) atoms. The fourth-order valence-electron chi connectivity index (χ4n) is 2.43. The van der Waals surface area contributed by atoms with E-state index in [-0.39, 0.29) is 6.10 Å². The average molecular weight is 339 g/mol. The number of thiophene rings is 1. The normalized spacial score (nSPS) is 18.1. The second-order valence-electron chi connectivity index (χ2n) is 4.76. The molecule has 3 rings (SSSR count). The SMILES string of the molecule is O[C@@H]1CCCc2ccc(OCc3ccc(Br)s3)cc21. The van der Waals surface area contributed by atoms with Crippen molar-refractivity contribution in [3.63, 3.8) is 0 Å². The number of hydrogen-bond donors (Lipinski definition) is 1. The van der Waals surface area contributed by atoms with Crippen molar-refractivity contribution >= 4 is 27.3 Å². The molecule has 2 aromatic rings. The van der Waals surface area contributed by atoms with Crippen LogP contribution in [0.15, 0.2) is 34.1 Å². The Morgan fingerprint density at radius 1 is 1.32 bits per heavy atom. The Kier molecular flexibility index (Phi) is 3.91. The highest BCUT2D eigenvalue weighted by molar-refractivity contribution is 9.11. The smallest absolute Gasteiger partial charge is 0.122 e. The predicted octanol–water partition coefficient (Wildman–Crippen LogP) is 4.46. The third kappa shape index (κ3) is 3.02. The molecular formula is C15H15BrO2S. The number of hydrogen-bond acceptors (Lipinski definition) is 3. The van der Waals surface area contributed by atoms with Gasteiger partial charge in [-0.2, -0.15) is 0 Å². The van der Waals surface area contributed by atoms with Gasteiger partial charge in [0.25, 0.3) is 0 Å². The number of aryl methyl sites for hydroxylation is 1. The number of aliphatic hydroxyl groups is 1. The van der Waals surface area contributed by atoms with Crippen molar-refractivity contribution in [3.8, 4) is 5.75 Å². The molecule has 0 fully saturated rings. The lowest BCUT2D eigenvalue weighted by Gasteiger charge is -2.21. The number of fused-ring (bicyclic) bond motifs is 1. The van der Waals surface area contributed by atoms with E-state index in [1.54, 1.807) is 11.3 Å². The highest BCUT2D eigenvalue weighted by atomic mass is 79.9. The van der Waals surface area contributed by atoms with Crippen LogP contribution in [-0.4, -0.2) is 5.11 Å². The fourth-order valence-corrected chi connectivity index (χ4v) is 3.82. The molecule has 0 saturated heterocycles. The Morgan fingerprint density at radius 2 is 2.21 bits per heavy atom. The summed E-state index contributed by atoms with van der Waals surface area (Å²) in [7, 11) is 0. The van der Waals surface area contributed by atoms with Crippen molar-refractivity contribution in [2.24, 2.45) is 0 Å². The molecular weight excluding hydrogens is 324 g/mol. The van der Waals surface area contributed by atoms with Gasteiger partial charge in [-0.05, 0) is 70.6 Å². The van der Waals surface area contributed by atoms with Gasteiger partial charge in [0.1, 0.15) is 12.4 Å². The molecule has 0 spiro atoms. The predicted molar refractivity (Wildman–Crippen MR) is 80.7 cm³/mol. The van der Waals surface area contributed by atoms with Crippen LogP contribution >= 0.6 is 27.3 Å². The minimum absolute atomic E-state index is 0.330. The van der Waals surface area contributed by atoms with E-state index in [1.165, 1.54) is 10.4 Å². The van der Waals surface area contributed by atoms with Gasteiger partial charge in [0.05, 0.1) is 9.89 Å². The average Bonchev–Trinajstić information content (AvgIpc) is 2.83. The van der Waals surface area contributed by atoms with Crippen molar-refractivity contribution in [1.82, 2.24) is 0 Å². The van der Waals surface area contributed by atoms with E-state index < -0.39 is 0 Å². The lowest BCUT2D eigenvalue weighted by Crippen LogP contribution is -2.09. The van der Waals surface area contributed by atoms with Crippen LogP contribution in [0.3, 0.4) is 0 Å². The van der Waals surface area contributed by atoms with Crippen molar-refractivity contribution in [1.29, 1.82) is 0 Å². The maximum atomic E-state index is 10.0. The summed E-state index contributed by atoms with van der Waals surface area (Å²) in [5, 5.41) is 10.0. The molecule has 100 valence electrons. The molecule has 0 radical (unpaired) electrons. The van der Waals surface area contributed by atoms with Crippen LogP contribution in [-0.2, 0) is 13.0 Å². The van der Waals surface area contributed by atoms with E-state index >= 15 is 0 Å². The number of halogens is 1. The van der Waals surface area contributed by atoms with E-state index in [1.807, 2.05) is 18.2 Å². The first kappa shape index (κ1) is 13.2. The van der Waals surface area contributed by atoms with Gasteiger partial charge in [0.2, 0.25) is 0 Å². The van der Waals surface area contributed by atoms with E-state index in [4.69, 9.17) is 4.74 Å². The molecule has 1 heterocycles. The van der Waals surface area contributed by atoms with Crippen LogP contribution in [0.25, 0.3) is 0 Å². The zero-order valence-electron chi connectivity index (χ0n) is 10.4. The van der Waals surface area contributed by atoms with Gasteiger partial charge >= 0.3 is 0 Å². The quantitative estimate of drug-likeness (QED) is 0.895. The highest BCUT2D eigenvalue weighted by Crippen LogP contribution is 2.32. The Balaban J connectivity index is 1.73. The van der Waals surface area contributed by atoms with Crippen molar-refractivity contribution in [3.05, 3.63) is 50.1 Å². The Labute approximate surface area is 125 Å². The summed E-state index contributed by atoms with van der Waals surface area (Å²) in [6.45, 7) is 0.575. The van der Waals surface area contributed by atoms with Gasteiger partial charge in [-0.3, -0.25) is 0 Å². The summed E-state index contributed by atoms with van der Waals surface area (Å²) >= 11 is 5.12. The summed E-state index contributed by atoms with van der Waals surface area (Å²) in [5.74, 6) is 0.837. The van der Waals surface area contributed by atoms with E-state index in [0.717, 1.165) is 34.4 Å². The lowest BCUT2D eigenvalue weighted by atomic mass is 9.89. The first-order valence-electron chi connectivity index (χ1n) is 6.40. The summed E-state index contributed by atoms with van der Waals surface area (Å²) in [4.78, 5) is 1.19. The van der Waals surface area contributed by atoms with Crippen molar-refractivity contribution in [2.75, 3.05) is 0 Å². The second-order valence-corrected chi connectivity index (χ2v) is 7.31. The van der Waals surface area contributed by atoms with Crippen LogP contribution in [0.1, 0.15) is 34.9 Å². The number of rotatable bonds is 3. The first-order chi connectivity index (χ1) is 9.22. The maximum absolute atomic E-state index is 10.0. The summed E-state index contributed by atoms with van der Waals surface area (Å²) in [6, 6.07) is 10.2. The van der Waals surface area contributed by atoms with Crippen LogP contribution in [0.4, 0.5) is 0 Å². The third-order valence-electron chi connectivity index (χ3n) is 3.41. The number of ether oxygens (including phenoxy) is 1. The van der Waals surface area contributed by atoms with Gasteiger partial charge in [-0.25, -0.2) is 0 Å². The van der Waals surface area contributed by atoms with Crippen LogP contribution in [0, 0.1) is 0 Å². The van der Waals surface area contributed by atoms with Gasteiger partial charge in [0.15, 0.2) is 0 Å². The molecule has 0 aliphatic heterocycles. The molecule has 1 aromatic heterocycles. The second kappa shape index (κ2) is 5.65. The zero-order valence-corrected chi connectivity index (χ0v) is 12.8. The molecule has 1 N–H and O–H groups in total. The molecule has 2 nitrogen and oxygen atoms in total. The van der Waals surface area contributed by atoms with Gasteiger partial charge in [-0.1, -0.05) is 6.07 Å². The lowest BCUT2D eigenvalue weighted by molar-refractivity contribution is 0.156. The molecule has 1 aliphatic carbocycles. The van der Waals surface area contributed by atoms with Gasteiger partial charge in [0, 0.05) is 4.88 Å². The standard InChI is InChI=1S/C15H15BrO2S/c16-15-7-6-12(19-15)9-18-11-5-4-10-2-1-3-14(17)13(10)8-11/h4-8,14,17H,1-3,9H2/t14-/m1/s1. The topological polar surface area (TPSA) is 29.5 Å². The Hall–Kier alpha value is -0.840. The largest absolute Gasteiger partial charge is 0.488 e. The third-order valence-corrected chi connectivity index (χ3v) is 5.01. The van der Waals surface area contributed by atoms with E-state index in [9.17, 15) is 5.11 Å². The number of aliphatic hydroxyl groups excluding tert-OH is 1. The van der Waals surface area contributed by atoms with E-state index in [0.29, 0.717) is 6.61 Å². The Morgan fingerprint density at radius 3 is 3.00 bits per heavy atom. The van der Waals surface area contributed by atoms with E-state index in [2.05, 4.69) is 28.1 Å². The molecule has 0 bridgehead atoms. The van der Waals surface area contributed by atoms with Crippen molar-refractivity contribution in [2.45, 2.75) is 32.0 Å². The Bertz CT molecular complexity index is 579. The van der Waals surface area contributed by atoms with Crippen LogP contribution < -0.4 is 4.74 Å². The van der Waals surface area contributed by atoms with Crippen LogP contribution in [0.2, 0.25) is 0 Å².